The second-order valence-corrected chi connectivity index (χ2v) is 14.6. The monoisotopic (exact) mass is 469 g/mol. The van der Waals surface area contributed by atoms with Gasteiger partial charge in [-0.3, -0.25) is 9.36 Å². The lowest BCUT2D eigenvalue weighted by Gasteiger charge is -2.39. The van der Waals surface area contributed by atoms with E-state index >= 15 is 0 Å². The lowest BCUT2D eigenvalue weighted by atomic mass is 10.2. The van der Waals surface area contributed by atoms with Crippen molar-refractivity contribution in [1.29, 1.82) is 0 Å². The second kappa shape index (κ2) is 8.94. The Bertz CT molecular complexity index is 1130. The van der Waals surface area contributed by atoms with Crippen molar-refractivity contribution in [3.05, 3.63) is 48.5 Å². The number of aliphatic hydroxyl groups excluding tert-OH is 1. The van der Waals surface area contributed by atoms with E-state index in [1.807, 2.05) is 10.6 Å². The summed E-state index contributed by atoms with van der Waals surface area (Å²) in [5.74, 6) is 0.0591. The number of benzene rings is 1. The van der Waals surface area contributed by atoms with Gasteiger partial charge in [-0.25, -0.2) is 15.0 Å². The molecule has 1 aliphatic rings. The molecule has 1 aliphatic heterocycles. The van der Waals surface area contributed by atoms with Crippen molar-refractivity contribution in [3.8, 4) is 0 Å². The Labute approximate surface area is 194 Å². The van der Waals surface area contributed by atoms with Gasteiger partial charge in [0.2, 0.25) is 0 Å². The Morgan fingerprint density at radius 3 is 2.64 bits per heavy atom. The maximum atomic E-state index is 12.6. The summed E-state index contributed by atoms with van der Waals surface area (Å²) >= 11 is 0. The largest absolute Gasteiger partial charge is 0.411 e. The summed E-state index contributed by atoms with van der Waals surface area (Å²) in [5, 5.41) is 12.8. The van der Waals surface area contributed by atoms with Gasteiger partial charge in [-0.2, -0.15) is 0 Å². The van der Waals surface area contributed by atoms with Crippen LogP contribution in [0.4, 0.5) is 5.82 Å². The number of carbonyl (C=O) groups is 1. The normalized spacial score (nSPS) is 21.5. The number of ether oxygens (including phenoxy) is 1. The minimum atomic E-state index is -2.04. The number of imidazole rings is 1. The molecule has 1 saturated heterocycles. The summed E-state index contributed by atoms with van der Waals surface area (Å²) < 4.78 is 14.5. The molecule has 0 radical (unpaired) electrons. The standard InChI is InChI=1S/C23H31N5O4Si/c1-23(2,3)33(4,5)32-16-11-18(31-17(16)12-29)28-14-26-19-20(24-13-25-21(19)28)27-22(30)15-9-7-6-8-10-15/h6-10,13-14,16-18,29H,11-12H2,1-5H3,(H,24,25,27,30). The van der Waals surface area contributed by atoms with Crippen molar-refractivity contribution in [2.75, 3.05) is 11.9 Å². The van der Waals surface area contributed by atoms with Crippen LogP contribution in [0, 0.1) is 0 Å². The summed E-state index contributed by atoms with van der Waals surface area (Å²) in [4.78, 5) is 25.6. The number of hydrogen-bond acceptors (Lipinski definition) is 7. The number of anilines is 1. The Morgan fingerprint density at radius 1 is 1.24 bits per heavy atom. The summed E-state index contributed by atoms with van der Waals surface area (Å²) in [6, 6.07) is 8.92. The van der Waals surface area contributed by atoms with E-state index in [2.05, 4.69) is 54.1 Å². The molecule has 0 bridgehead atoms. The van der Waals surface area contributed by atoms with E-state index in [0.717, 1.165) is 0 Å². The quantitative estimate of drug-likeness (QED) is 0.529. The van der Waals surface area contributed by atoms with Crippen LogP contribution in [0.5, 0.6) is 0 Å². The molecule has 1 aromatic carbocycles. The van der Waals surface area contributed by atoms with Crippen LogP contribution in [0.15, 0.2) is 43.0 Å². The van der Waals surface area contributed by atoms with Gasteiger partial charge in [-0.15, -0.1) is 0 Å². The number of aromatic nitrogens is 4. The van der Waals surface area contributed by atoms with E-state index in [9.17, 15) is 9.90 Å². The molecule has 3 aromatic rings. The minimum absolute atomic E-state index is 0.0475. The van der Waals surface area contributed by atoms with E-state index in [4.69, 9.17) is 9.16 Å². The molecule has 176 valence electrons. The highest BCUT2D eigenvalue weighted by molar-refractivity contribution is 6.74. The lowest BCUT2D eigenvalue weighted by Crippen LogP contribution is -2.46. The maximum Gasteiger partial charge on any atom is 0.256 e. The van der Waals surface area contributed by atoms with E-state index in [-0.39, 0.29) is 23.7 Å². The minimum Gasteiger partial charge on any atom is -0.411 e. The summed E-state index contributed by atoms with van der Waals surface area (Å²) in [7, 11) is -2.04. The van der Waals surface area contributed by atoms with Gasteiger partial charge in [0.25, 0.3) is 5.91 Å². The van der Waals surface area contributed by atoms with Crippen molar-refractivity contribution >= 4 is 31.2 Å². The van der Waals surface area contributed by atoms with Crippen molar-refractivity contribution < 1.29 is 19.1 Å². The fourth-order valence-electron chi connectivity index (χ4n) is 3.64. The first-order chi connectivity index (χ1) is 15.6. The summed E-state index contributed by atoms with van der Waals surface area (Å²) in [6.45, 7) is 10.8. The first-order valence-electron chi connectivity index (χ1n) is 11.1. The number of nitrogens with one attached hydrogen (secondary N) is 1. The summed E-state index contributed by atoms with van der Waals surface area (Å²) in [5.41, 5.74) is 1.54. The predicted octanol–water partition coefficient (Wildman–Crippen LogP) is 3.75. The third kappa shape index (κ3) is 4.69. The topological polar surface area (TPSA) is 111 Å². The van der Waals surface area contributed by atoms with Crippen LogP contribution in [0.3, 0.4) is 0 Å². The second-order valence-electron chi connectivity index (χ2n) is 9.83. The van der Waals surface area contributed by atoms with Crippen LogP contribution in [0.25, 0.3) is 11.2 Å². The van der Waals surface area contributed by atoms with Gasteiger partial charge in [0.05, 0.1) is 19.0 Å². The molecule has 9 nitrogen and oxygen atoms in total. The van der Waals surface area contributed by atoms with E-state index in [0.29, 0.717) is 29.0 Å². The molecular formula is C23H31N5O4Si. The van der Waals surface area contributed by atoms with Gasteiger partial charge in [0, 0.05) is 12.0 Å². The number of hydrogen-bond donors (Lipinski definition) is 2. The highest BCUT2D eigenvalue weighted by Crippen LogP contribution is 2.41. The van der Waals surface area contributed by atoms with Crippen LogP contribution in [0.1, 0.15) is 43.8 Å². The van der Waals surface area contributed by atoms with Crippen molar-refractivity contribution in [2.45, 2.75) is 63.8 Å². The molecular weight excluding hydrogens is 438 g/mol. The molecule has 0 spiro atoms. The van der Waals surface area contributed by atoms with Crippen LogP contribution in [-0.2, 0) is 9.16 Å². The van der Waals surface area contributed by atoms with Gasteiger partial charge >= 0.3 is 0 Å². The molecule has 33 heavy (non-hydrogen) atoms. The Hall–Kier alpha value is -2.66. The molecule has 4 rings (SSSR count). The van der Waals surface area contributed by atoms with Gasteiger partial charge < -0.3 is 19.6 Å². The molecule has 1 amide bonds. The van der Waals surface area contributed by atoms with E-state index in [1.54, 1.807) is 30.6 Å². The predicted molar refractivity (Wildman–Crippen MR) is 127 cm³/mol. The molecule has 1 fully saturated rings. The van der Waals surface area contributed by atoms with Gasteiger partial charge in [0.15, 0.2) is 25.3 Å². The average Bonchev–Trinajstić information content (AvgIpc) is 3.37. The van der Waals surface area contributed by atoms with E-state index < -0.39 is 20.6 Å². The maximum absolute atomic E-state index is 12.6. The third-order valence-corrected chi connectivity index (χ3v) is 11.1. The molecule has 3 atom stereocenters. The van der Waals surface area contributed by atoms with Crippen molar-refractivity contribution in [2.24, 2.45) is 0 Å². The van der Waals surface area contributed by atoms with Crippen LogP contribution in [-0.4, -0.2) is 57.7 Å². The number of fused-ring (bicyclic) bond motifs is 1. The fourth-order valence-corrected chi connectivity index (χ4v) is 5.00. The summed E-state index contributed by atoms with van der Waals surface area (Å²) in [6.07, 6.45) is 2.54. The lowest BCUT2D eigenvalue weighted by molar-refractivity contribution is -0.0410. The average molecular weight is 470 g/mol. The molecule has 3 unspecified atom stereocenters. The van der Waals surface area contributed by atoms with Crippen molar-refractivity contribution in [3.63, 3.8) is 0 Å². The SMILES string of the molecule is CC(C)(C)[Si](C)(C)OC1CC(n2cnc3c(NC(=O)c4ccccc4)ncnc32)OC1CO. The molecule has 10 heteroatoms. The van der Waals surface area contributed by atoms with Crippen molar-refractivity contribution in [1.82, 2.24) is 19.5 Å². The van der Waals surface area contributed by atoms with Crippen LogP contribution >= 0.6 is 0 Å². The Morgan fingerprint density at radius 2 is 1.97 bits per heavy atom. The highest BCUT2D eigenvalue weighted by Gasteiger charge is 2.45. The van der Waals surface area contributed by atoms with Gasteiger partial charge in [-0.05, 0) is 30.3 Å². The van der Waals surface area contributed by atoms with Crippen LogP contribution < -0.4 is 5.32 Å². The highest BCUT2D eigenvalue weighted by atomic mass is 28.4. The third-order valence-electron chi connectivity index (χ3n) is 6.55. The number of nitrogens with zero attached hydrogens (tertiary/aromatic N) is 4. The zero-order valence-corrected chi connectivity index (χ0v) is 20.6. The molecule has 0 aliphatic carbocycles. The number of carbonyl (C=O) groups excluding carboxylic acids is 1. The Balaban J connectivity index is 1.57. The molecule has 2 N–H and O–H groups in total. The molecule has 3 heterocycles. The number of amides is 1. The molecule has 0 saturated carbocycles. The number of aliphatic hydroxyl groups is 1. The number of rotatable bonds is 6. The fraction of sp³-hybridized carbons (Fsp3) is 0.478. The van der Waals surface area contributed by atoms with Crippen LogP contribution in [0.2, 0.25) is 18.1 Å². The van der Waals surface area contributed by atoms with Gasteiger partial charge in [0.1, 0.15) is 18.7 Å². The first kappa shape index (κ1) is 23.5. The molecule has 2 aromatic heterocycles. The van der Waals surface area contributed by atoms with E-state index in [1.165, 1.54) is 6.33 Å². The van der Waals surface area contributed by atoms with Gasteiger partial charge in [-0.1, -0.05) is 39.0 Å². The zero-order chi connectivity index (χ0) is 23.8. The smallest absolute Gasteiger partial charge is 0.256 e. The first-order valence-corrected chi connectivity index (χ1v) is 14.0. The zero-order valence-electron chi connectivity index (χ0n) is 19.6. The Kier molecular flexibility index (Phi) is 6.36.